The van der Waals surface area contributed by atoms with E-state index in [1.807, 2.05) is 11.5 Å². The van der Waals surface area contributed by atoms with Crippen LogP contribution in [0.2, 0.25) is 20.5 Å². The maximum atomic E-state index is 2.19. The second-order valence-electron chi connectivity index (χ2n) is 1.42. The van der Waals surface area contributed by atoms with Crippen LogP contribution in [0, 0.1) is 0 Å². The molecule has 0 aromatic rings. The standard InChI is InChI=1S/C3H9B2S/c1-4-6-5(2)3/h1-3H3. The van der Waals surface area contributed by atoms with Gasteiger partial charge in [0.15, 0.2) is 12.5 Å². The molecule has 0 saturated heterocycles. The molecule has 0 nitrogen and oxygen atoms in total. The van der Waals surface area contributed by atoms with Crippen LogP contribution >= 0.6 is 11.5 Å². The van der Waals surface area contributed by atoms with E-state index in [0.717, 1.165) is 5.99 Å². The molecule has 0 aliphatic rings. The SMILES string of the molecule is C[B]SB(C)C. The summed E-state index contributed by atoms with van der Waals surface area (Å²) in [4.78, 5) is 0. The fourth-order valence-electron chi connectivity index (χ4n) is 0.272. The van der Waals surface area contributed by atoms with Gasteiger partial charge in [0.25, 0.3) is 0 Å². The molecule has 33 valence electrons. The van der Waals surface area contributed by atoms with E-state index in [-0.39, 0.29) is 0 Å². The van der Waals surface area contributed by atoms with Crippen molar-refractivity contribution in [1.29, 1.82) is 0 Å². The highest BCUT2D eigenvalue weighted by Crippen LogP contribution is 2.00. The summed E-state index contributed by atoms with van der Waals surface area (Å²) < 4.78 is 0. The smallest absolute Gasteiger partial charge is 0.189 e. The Labute approximate surface area is 45.2 Å². The van der Waals surface area contributed by atoms with E-state index in [2.05, 4.69) is 27.0 Å². The third kappa shape index (κ3) is 4.48. The van der Waals surface area contributed by atoms with E-state index in [1.54, 1.807) is 0 Å². The van der Waals surface area contributed by atoms with Crippen molar-refractivity contribution < 1.29 is 0 Å². The van der Waals surface area contributed by atoms with E-state index in [4.69, 9.17) is 0 Å². The first kappa shape index (κ1) is 6.48. The first-order valence-electron chi connectivity index (χ1n) is 2.20. The summed E-state index contributed by atoms with van der Waals surface area (Å²) >= 11 is 1.86. The van der Waals surface area contributed by atoms with Crippen LogP contribution < -0.4 is 0 Å². The van der Waals surface area contributed by atoms with Crippen molar-refractivity contribution in [2.45, 2.75) is 20.5 Å². The molecule has 0 unspecified atom stereocenters. The largest absolute Gasteiger partial charge is 0.262 e. The van der Waals surface area contributed by atoms with Crippen molar-refractivity contribution >= 4 is 24.0 Å². The Hall–Kier alpha value is 0.480. The van der Waals surface area contributed by atoms with Crippen molar-refractivity contribution in [1.82, 2.24) is 0 Å². The summed E-state index contributed by atoms with van der Waals surface area (Å²) in [5, 5.41) is 0. The normalized spacial score (nSPS) is 7.83. The zero-order valence-electron chi connectivity index (χ0n) is 4.56. The maximum absolute atomic E-state index is 2.19. The van der Waals surface area contributed by atoms with Crippen molar-refractivity contribution in [3.63, 3.8) is 0 Å². The van der Waals surface area contributed by atoms with Crippen LogP contribution in [0.5, 0.6) is 0 Å². The zero-order chi connectivity index (χ0) is 4.99. The number of hydrogen-bond donors (Lipinski definition) is 0. The van der Waals surface area contributed by atoms with Gasteiger partial charge in [0.2, 0.25) is 0 Å². The summed E-state index contributed by atoms with van der Waals surface area (Å²) in [5.41, 5.74) is 0. The van der Waals surface area contributed by atoms with Gasteiger partial charge in [0.05, 0.1) is 0 Å². The Balaban J connectivity index is 2.63. The third-order valence-corrected chi connectivity index (χ3v) is 1.22. The Bertz CT molecular complexity index is 30.0. The Morgan fingerprint density at radius 1 is 1.50 bits per heavy atom. The van der Waals surface area contributed by atoms with Gasteiger partial charge >= 0.3 is 0 Å². The molecule has 0 aliphatic carbocycles. The van der Waals surface area contributed by atoms with Gasteiger partial charge < -0.3 is 0 Å². The zero-order valence-corrected chi connectivity index (χ0v) is 5.38. The highest BCUT2D eigenvalue weighted by atomic mass is 32.2. The molecule has 0 N–H and O–H groups in total. The summed E-state index contributed by atoms with van der Waals surface area (Å²) in [5.74, 6) is 0.759. The molecular formula is C3H9B2S. The lowest BCUT2D eigenvalue weighted by Crippen LogP contribution is -1.92. The van der Waals surface area contributed by atoms with E-state index < -0.39 is 0 Å². The number of rotatable bonds is 2. The Morgan fingerprint density at radius 3 is 2.00 bits per heavy atom. The van der Waals surface area contributed by atoms with Crippen molar-refractivity contribution in [3.05, 3.63) is 0 Å². The van der Waals surface area contributed by atoms with Gasteiger partial charge in [-0.05, 0) is 0 Å². The van der Waals surface area contributed by atoms with Crippen LogP contribution in [0.3, 0.4) is 0 Å². The molecule has 0 heterocycles. The van der Waals surface area contributed by atoms with E-state index in [1.165, 1.54) is 0 Å². The molecule has 0 rings (SSSR count). The first-order valence-corrected chi connectivity index (χ1v) is 3.15. The van der Waals surface area contributed by atoms with Gasteiger partial charge in [0.1, 0.15) is 0 Å². The van der Waals surface area contributed by atoms with Crippen molar-refractivity contribution in [2.24, 2.45) is 0 Å². The van der Waals surface area contributed by atoms with Gasteiger partial charge in [-0.1, -0.05) is 20.5 Å². The molecule has 0 bridgehead atoms. The molecule has 0 amide bonds. The van der Waals surface area contributed by atoms with Crippen LogP contribution in [0.1, 0.15) is 0 Å². The summed E-state index contributed by atoms with van der Waals surface area (Å²) in [6.45, 7) is 8.55. The van der Waals surface area contributed by atoms with Gasteiger partial charge in [-0.25, -0.2) is 0 Å². The highest BCUT2D eigenvalue weighted by Gasteiger charge is 1.92. The molecule has 0 fully saturated rings. The Morgan fingerprint density at radius 2 is 2.00 bits per heavy atom. The lowest BCUT2D eigenvalue weighted by atomic mass is 9.84. The quantitative estimate of drug-likeness (QED) is 0.474. The molecule has 6 heavy (non-hydrogen) atoms. The lowest BCUT2D eigenvalue weighted by molar-refractivity contribution is 2.11. The maximum Gasteiger partial charge on any atom is 0.189 e. The molecule has 1 radical (unpaired) electrons. The highest BCUT2D eigenvalue weighted by molar-refractivity contribution is 8.42. The van der Waals surface area contributed by atoms with Crippen LogP contribution in [0.25, 0.3) is 0 Å². The van der Waals surface area contributed by atoms with Gasteiger partial charge in [-0.15, -0.1) is 0 Å². The molecule has 0 saturated carbocycles. The minimum absolute atomic E-state index is 0.759. The monoisotopic (exact) mass is 99.1 g/mol. The topological polar surface area (TPSA) is 0 Å². The molecule has 0 aromatic carbocycles. The molecule has 0 atom stereocenters. The molecule has 0 aliphatic heterocycles. The van der Waals surface area contributed by atoms with E-state index in [9.17, 15) is 0 Å². The van der Waals surface area contributed by atoms with Crippen LogP contribution in [0.4, 0.5) is 0 Å². The lowest BCUT2D eigenvalue weighted by Gasteiger charge is -1.91. The summed E-state index contributed by atoms with van der Waals surface area (Å²) in [6.07, 6.45) is 0. The van der Waals surface area contributed by atoms with Crippen LogP contribution in [-0.2, 0) is 0 Å². The van der Waals surface area contributed by atoms with Gasteiger partial charge in [0, 0.05) is 0 Å². The van der Waals surface area contributed by atoms with Crippen molar-refractivity contribution in [3.8, 4) is 0 Å². The predicted molar refractivity (Wildman–Crippen MR) is 36.7 cm³/mol. The van der Waals surface area contributed by atoms with Crippen LogP contribution in [0.15, 0.2) is 0 Å². The minimum atomic E-state index is 0.759. The summed E-state index contributed by atoms with van der Waals surface area (Å²) in [7, 11) is 0. The molecule has 0 spiro atoms. The summed E-state index contributed by atoms with van der Waals surface area (Å²) in [6, 6.07) is 0. The number of hydrogen-bond acceptors (Lipinski definition) is 1. The second-order valence-corrected chi connectivity index (χ2v) is 3.11. The van der Waals surface area contributed by atoms with E-state index >= 15 is 0 Å². The van der Waals surface area contributed by atoms with E-state index in [0.29, 0.717) is 0 Å². The van der Waals surface area contributed by atoms with Gasteiger partial charge in [-0.2, -0.15) is 0 Å². The average Bonchev–Trinajstić information content (AvgIpc) is 1.35. The van der Waals surface area contributed by atoms with Gasteiger partial charge in [-0.3, -0.25) is 11.5 Å². The molecular weight excluding hydrogens is 89.7 g/mol. The first-order chi connectivity index (χ1) is 2.77. The van der Waals surface area contributed by atoms with Crippen molar-refractivity contribution in [2.75, 3.05) is 0 Å². The fourth-order valence-corrected chi connectivity index (χ4v) is 0.816. The second kappa shape index (κ2) is 3.66. The molecule has 0 aromatic heterocycles. The minimum Gasteiger partial charge on any atom is -0.262 e. The third-order valence-electron chi connectivity index (χ3n) is 0.408. The Kier molecular flexibility index (Phi) is 3.96. The average molecular weight is 98.8 g/mol. The molecule has 3 heteroatoms. The predicted octanol–water partition coefficient (Wildman–Crippen LogP) is 1.64. The fraction of sp³-hybridized carbons (Fsp3) is 1.00. The van der Waals surface area contributed by atoms with Crippen LogP contribution in [-0.4, -0.2) is 12.5 Å².